The molecule has 1 heterocycles. The van der Waals surface area contributed by atoms with Crippen LogP contribution in [0.2, 0.25) is 0 Å². The van der Waals surface area contributed by atoms with Crippen molar-refractivity contribution in [3.63, 3.8) is 0 Å². The van der Waals surface area contributed by atoms with Gasteiger partial charge in [0.25, 0.3) is 0 Å². The number of para-hydroxylation sites is 4. The minimum absolute atomic E-state index is 0.642. The zero-order chi connectivity index (χ0) is 24.2. The number of anilines is 3. The second-order valence-electron chi connectivity index (χ2n) is 8.54. The molecule has 36 heavy (non-hydrogen) atoms. The number of rotatable bonds is 6. The van der Waals surface area contributed by atoms with Crippen molar-refractivity contribution < 1.29 is 4.42 Å². The maximum absolute atomic E-state index is 5.88. The van der Waals surface area contributed by atoms with E-state index in [4.69, 9.17) is 4.42 Å². The van der Waals surface area contributed by atoms with Crippen LogP contribution in [0.4, 0.5) is 17.1 Å². The lowest BCUT2D eigenvalue weighted by Crippen LogP contribution is -2.09. The van der Waals surface area contributed by atoms with E-state index in [1.54, 1.807) is 0 Å². The van der Waals surface area contributed by atoms with E-state index >= 15 is 0 Å². The van der Waals surface area contributed by atoms with E-state index < -0.39 is 0 Å². The van der Waals surface area contributed by atoms with Gasteiger partial charge in [0, 0.05) is 22.6 Å². The molecule has 0 aliphatic carbocycles. The van der Waals surface area contributed by atoms with E-state index in [2.05, 4.69) is 107 Å². The minimum Gasteiger partial charge on any atom is -0.436 e. The maximum atomic E-state index is 5.88. The highest BCUT2D eigenvalue weighted by atomic mass is 16.3. The smallest absolute Gasteiger partial charge is 0.227 e. The molecule has 172 valence electrons. The van der Waals surface area contributed by atoms with Crippen LogP contribution in [-0.2, 0) is 0 Å². The number of benzene rings is 5. The van der Waals surface area contributed by atoms with Gasteiger partial charge in [-0.3, -0.25) is 0 Å². The lowest BCUT2D eigenvalue weighted by atomic mass is 10.1. The Kier molecular flexibility index (Phi) is 5.87. The lowest BCUT2D eigenvalue weighted by molar-refractivity contribution is 0.620. The van der Waals surface area contributed by atoms with Crippen LogP contribution in [0.25, 0.3) is 34.7 Å². The van der Waals surface area contributed by atoms with Crippen molar-refractivity contribution in [1.29, 1.82) is 0 Å². The quantitative estimate of drug-likeness (QED) is 0.230. The van der Waals surface area contributed by atoms with E-state index in [1.165, 1.54) is 0 Å². The fraction of sp³-hybridized carbons (Fsp3) is 0. The summed E-state index contributed by atoms with van der Waals surface area (Å²) in [6.45, 7) is 0. The third-order valence-electron chi connectivity index (χ3n) is 6.10. The summed E-state index contributed by atoms with van der Waals surface area (Å²) in [5.41, 5.74) is 8.28. The summed E-state index contributed by atoms with van der Waals surface area (Å²) >= 11 is 0. The number of oxazole rings is 1. The van der Waals surface area contributed by atoms with Gasteiger partial charge >= 0.3 is 0 Å². The van der Waals surface area contributed by atoms with Gasteiger partial charge < -0.3 is 9.32 Å². The van der Waals surface area contributed by atoms with Crippen molar-refractivity contribution in [2.45, 2.75) is 0 Å². The van der Waals surface area contributed by atoms with Gasteiger partial charge in [0.05, 0.1) is 0 Å². The average molecular weight is 465 g/mol. The molecule has 0 radical (unpaired) electrons. The Bertz CT molecular complexity index is 1530. The van der Waals surface area contributed by atoms with Crippen LogP contribution >= 0.6 is 0 Å². The Hall–Kier alpha value is -4.89. The summed E-state index contributed by atoms with van der Waals surface area (Å²) in [5, 5.41) is 0. The van der Waals surface area contributed by atoms with Gasteiger partial charge in [-0.15, -0.1) is 0 Å². The molecule has 3 nitrogen and oxygen atoms in total. The topological polar surface area (TPSA) is 29.3 Å². The first kappa shape index (κ1) is 21.6. The van der Waals surface area contributed by atoms with Crippen LogP contribution in [-0.4, -0.2) is 4.98 Å². The van der Waals surface area contributed by atoms with Crippen LogP contribution in [0.5, 0.6) is 0 Å². The molecule has 0 fully saturated rings. The molecule has 0 unspecified atom stereocenters. The van der Waals surface area contributed by atoms with Crippen LogP contribution in [0.3, 0.4) is 0 Å². The number of nitrogens with zero attached hydrogens (tertiary/aromatic N) is 2. The van der Waals surface area contributed by atoms with Crippen LogP contribution < -0.4 is 4.90 Å². The molecular weight excluding hydrogens is 440 g/mol. The summed E-state index contributed by atoms with van der Waals surface area (Å²) in [7, 11) is 0. The largest absolute Gasteiger partial charge is 0.436 e. The summed E-state index contributed by atoms with van der Waals surface area (Å²) in [5.74, 6) is 0.642. The molecule has 3 heteroatoms. The molecule has 0 amide bonds. The third-order valence-corrected chi connectivity index (χ3v) is 6.10. The number of aromatic nitrogens is 1. The van der Waals surface area contributed by atoms with E-state index in [0.29, 0.717) is 5.89 Å². The van der Waals surface area contributed by atoms with Crippen molar-refractivity contribution >= 4 is 40.3 Å². The molecule has 0 saturated heterocycles. The lowest BCUT2D eigenvalue weighted by Gasteiger charge is -2.25. The molecule has 0 aliphatic heterocycles. The molecule has 5 aromatic carbocycles. The Morgan fingerprint density at radius 3 is 1.58 bits per heavy atom. The van der Waals surface area contributed by atoms with Crippen molar-refractivity contribution in [2.75, 3.05) is 4.90 Å². The average Bonchev–Trinajstić information content (AvgIpc) is 3.39. The zero-order valence-electron chi connectivity index (χ0n) is 19.7. The second-order valence-corrected chi connectivity index (χ2v) is 8.54. The Morgan fingerprint density at radius 2 is 1.00 bits per heavy atom. The molecule has 6 rings (SSSR count). The molecule has 0 saturated carbocycles. The fourth-order valence-corrected chi connectivity index (χ4v) is 4.26. The van der Waals surface area contributed by atoms with Crippen LogP contribution in [0.1, 0.15) is 11.1 Å². The molecule has 1 aromatic heterocycles. The van der Waals surface area contributed by atoms with E-state index in [9.17, 15) is 0 Å². The van der Waals surface area contributed by atoms with Gasteiger partial charge in [0.1, 0.15) is 5.52 Å². The first-order chi connectivity index (χ1) is 17.8. The Balaban J connectivity index is 1.21. The van der Waals surface area contributed by atoms with Crippen molar-refractivity contribution in [1.82, 2.24) is 4.98 Å². The summed E-state index contributed by atoms with van der Waals surface area (Å²) in [6.07, 6.45) is 4.25. The highest BCUT2D eigenvalue weighted by molar-refractivity contribution is 5.79. The molecule has 0 bridgehead atoms. The molecule has 0 atom stereocenters. The highest BCUT2D eigenvalue weighted by Crippen LogP contribution is 2.34. The highest BCUT2D eigenvalue weighted by Gasteiger charge is 2.11. The molecule has 6 aromatic rings. The molecule has 0 aliphatic rings. The van der Waals surface area contributed by atoms with Crippen molar-refractivity contribution in [3.05, 3.63) is 145 Å². The summed E-state index contributed by atoms with van der Waals surface area (Å²) in [4.78, 5) is 6.85. The molecular formula is C33H24N2O. The SMILES string of the molecule is C(=C\c1ccc(N(c2ccccc2)c2ccccc2)cc1)/c1ccc(-c2nc3ccccc3o2)cc1. The maximum Gasteiger partial charge on any atom is 0.227 e. The fourth-order valence-electron chi connectivity index (χ4n) is 4.26. The zero-order valence-corrected chi connectivity index (χ0v) is 19.7. The van der Waals surface area contributed by atoms with E-state index in [0.717, 1.165) is 44.9 Å². The van der Waals surface area contributed by atoms with Gasteiger partial charge in [-0.25, -0.2) is 4.98 Å². The van der Waals surface area contributed by atoms with Gasteiger partial charge in [-0.05, 0) is 71.8 Å². The van der Waals surface area contributed by atoms with Gasteiger partial charge in [-0.1, -0.05) is 84.9 Å². The first-order valence-corrected chi connectivity index (χ1v) is 12.0. The van der Waals surface area contributed by atoms with E-state index in [-0.39, 0.29) is 0 Å². The minimum atomic E-state index is 0.642. The number of hydrogen-bond donors (Lipinski definition) is 0. The predicted molar refractivity (Wildman–Crippen MR) is 149 cm³/mol. The number of hydrogen-bond acceptors (Lipinski definition) is 3. The van der Waals surface area contributed by atoms with E-state index in [1.807, 2.05) is 48.5 Å². The monoisotopic (exact) mass is 464 g/mol. The van der Waals surface area contributed by atoms with Crippen molar-refractivity contribution in [3.8, 4) is 11.5 Å². The van der Waals surface area contributed by atoms with Gasteiger partial charge in [0.15, 0.2) is 5.58 Å². The Morgan fingerprint density at radius 1 is 0.500 bits per heavy atom. The summed E-state index contributed by atoms with van der Waals surface area (Å²) in [6, 6.07) is 45.6. The third kappa shape index (κ3) is 4.55. The van der Waals surface area contributed by atoms with Crippen LogP contribution in [0, 0.1) is 0 Å². The second kappa shape index (κ2) is 9.77. The first-order valence-electron chi connectivity index (χ1n) is 12.0. The van der Waals surface area contributed by atoms with Gasteiger partial charge in [0.2, 0.25) is 5.89 Å². The van der Waals surface area contributed by atoms with Crippen molar-refractivity contribution in [2.24, 2.45) is 0 Å². The van der Waals surface area contributed by atoms with Gasteiger partial charge in [-0.2, -0.15) is 0 Å². The number of fused-ring (bicyclic) bond motifs is 1. The predicted octanol–water partition coefficient (Wildman–Crippen LogP) is 9.13. The standard InChI is InChI=1S/C33H24N2O/c1-3-9-28(10-4-1)35(29-11-5-2-6-12-29)30-23-19-26(20-24-30)16-15-25-17-21-27(22-18-25)33-34-31-13-7-8-14-32(31)36-33/h1-24H/b16-15+. The molecule has 0 N–H and O–H groups in total. The van der Waals surface area contributed by atoms with Crippen LogP contribution in [0.15, 0.2) is 138 Å². The summed E-state index contributed by atoms with van der Waals surface area (Å²) < 4.78 is 5.88. The normalized spacial score (nSPS) is 11.2. The molecule has 0 spiro atoms. The Labute approximate surface area is 210 Å².